The average Bonchev–Trinajstić information content (AvgIpc) is 2.72. The first-order valence-corrected chi connectivity index (χ1v) is 9.23. The van der Waals surface area contributed by atoms with Crippen LogP contribution in [0.1, 0.15) is 11.1 Å². The maximum atomic E-state index is 12.6. The first-order chi connectivity index (χ1) is 13.9. The fourth-order valence-electron chi connectivity index (χ4n) is 2.86. The van der Waals surface area contributed by atoms with Crippen molar-refractivity contribution >= 4 is 17.5 Å². The lowest BCUT2D eigenvalue weighted by atomic mass is 10.1. The third-order valence-electron chi connectivity index (χ3n) is 4.39. The Kier molecular flexibility index (Phi) is 6.86. The maximum Gasteiger partial charge on any atom is 0.416 e. The van der Waals surface area contributed by atoms with Gasteiger partial charge in [-0.05, 0) is 17.7 Å². The Balaban J connectivity index is 1.40. The minimum Gasteiger partial charge on any atom is -0.378 e. The van der Waals surface area contributed by atoms with Crippen molar-refractivity contribution in [2.75, 3.05) is 49.6 Å². The number of rotatable bonds is 7. The molecule has 1 saturated heterocycles. The van der Waals surface area contributed by atoms with Gasteiger partial charge in [0.05, 0.1) is 25.2 Å². The number of aromatic nitrogens is 2. The molecule has 1 aromatic heterocycles. The minimum atomic E-state index is -4.38. The van der Waals surface area contributed by atoms with Crippen molar-refractivity contribution in [3.05, 3.63) is 47.8 Å². The second-order valence-corrected chi connectivity index (χ2v) is 6.51. The van der Waals surface area contributed by atoms with Crippen LogP contribution in [0.4, 0.5) is 24.8 Å². The van der Waals surface area contributed by atoms with E-state index in [1.165, 1.54) is 18.5 Å². The first kappa shape index (κ1) is 20.8. The summed E-state index contributed by atoms with van der Waals surface area (Å²) in [5.74, 6) is 1.21. The molecule has 0 atom stereocenters. The zero-order valence-electron chi connectivity index (χ0n) is 15.7. The van der Waals surface area contributed by atoms with Crippen molar-refractivity contribution in [3.8, 4) is 0 Å². The van der Waals surface area contributed by atoms with Crippen LogP contribution in [0.15, 0.2) is 36.7 Å². The molecule has 1 aliphatic rings. The molecule has 7 nitrogen and oxygen atoms in total. The van der Waals surface area contributed by atoms with Crippen molar-refractivity contribution in [2.24, 2.45) is 0 Å². The normalized spacial score (nSPS) is 14.5. The predicted molar refractivity (Wildman–Crippen MR) is 102 cm³/mol. The number of carbonyl (C=O) groups is 1. The molecule has 2 heterocycles. The maximum absolute atomic E-state index is 12.6. The molecule has 1 aliphatic heterocycles. The molecule has 1 aromatic carbocycles. The van der Waals surface area contributed by atoms with Gasteiger partial charge in [-0.1, -0.05) is 12.1 Å². The molecule has 1 amide bonds. The van der Waals surface area contributed by atoms with Crippen molar-refractivity contribution in [1.29, 1.82) is 0 Å². The number of hydrogen-bond donors (Lipinski definition) is 2. The lowest BCUT2D eigenvalue weighted by molar-refractivity contribution is -0.137. The highest BCUT2D eigenvalue weighted by molar-refractivity contribution is 5.78. The third kappa shape index (κ3) is 6.31. The number of anilines is 2. The van der Waals surface area contributed by atoms with Crippen LogP contribution in [-0.4, -0.2) is 55.3 Å². The summed E-state index contributed by atoms with van der Waals surface area (Å²) in [4.78, 5) is 22.5. The van der Waals surface area contributed by atoms with Crippen LogP contribution in [-0.2, 0) is 22.1 Å². The van der Waals surface area contributed by atoms with E-state index >= 15 is 0 Å². The van der Waals surface area contributed by atoms with Gasteiger partial charge in [0, 0.05) is 32.2 Å². The van der Waals surface area contributed by atoms with Gasteiger partial charge in [0.25, 0.3) is 0 Å². The van der Waals surface area contributed by atoms with E-state index < -0.39 is 11.7 Å². The van der Waals surface area contributed by atoms with Crippen LogP contribution < -0.4 is 15.5 Å². The molecule has 0 saturated carbocycles. The summed E-state index contributed by atoms with van der Waals surface area (Å²) >= 11 is 0. The van der Waals surface area contributed by atoms with Gasteiger partial charge in [-0.3, -0.25) is 4.79 Å². The SMILES string of the molecule is O=C(Cc1ccc(C(F)(F)F)cc1)NCCNc1cc(N2CCOCC2)ncn1. The molecule has 1 fully saturated rings. The molecule has 0 bridgehead atoms. The number of morpholine rings is 1. The molecule has 0 aliphatic carbocycles. The second-order valence-electron chi connectivity index (χ2n) is 6.51. The molecule has 0 spiro atoms. The first-order valence-electron chi connectivity index (χ1n) is 9.23. The highest BCUT2D eigenvalue weighted by Gasteiger charge is 2.29. The molecule has 2 aromatic rings. The fraction of sp³-hybridized carbons (Fsp3) is 0.421. The van der Waals surface area contributed by atoms with Crippen LogP contribution >= 0.6 is 0 Å². The highest BCUT2D eigenvalue weighted by Crippen LogP contribution is 2.29. The van der Waals surface area contributed by atoms with Crippen molar-refractivity contribution in [3.63, 3.8) is 0 Å². The zero-order valence-corrected chi connectivity index (χ0v) is 15.7. The Bertz CT molecular complexity index is 808. The summed E-state index contributed by atoms with van der Waals surface area (Å²) in [7, 11) is 0. The standard InChI is InChI=1S/C19H22F3N5O2/c20-19(21,22)15-3-1-14(2-4-15)11-18(28)24-6-5-23-16-12-17(26-13-25-16)27-7-9-29-10-8-27/h1-4,12-13H,5-11H2,(H,24,28)(H,23,25,26). The van der Waals surface area contributed by atoms with Crippen molar-refractivity contribution < 1.29 is 22.7 Å². The summed E-state index contributed by atoms with van der Waals surface area (Å²) in [6.45, 7) is 3.69. The molecule has 3 rings (SSSR count). The fourth-order valence-corrected chi connectivity index (χ4v) is 2.86. The van der Waals surface area contributed by atoms with E-state index in [0.29, 0.717) is 37.7 Å². The average molecular weight is 409 g/mol. The van der Waals surface area contributed by atoms with Crippen LogP contribution in [0.3, 0.4) is 0 Å². The molecular weight excluding hydrogens is 387 g/mol. The molecule has 29 heavy (non-hydrogen) atoms. The second kappa shape index (κ2) is 9.55. The van der Waals surface area contributed by atoms with Crippen LogP contribution in [0.2, 0.25) is 0 Å². The van der Waals surface area contributed by atoms with E-state index in [1.54, 1.807) is 0 Å². The predicted octanol–water partition coefficient (Wildman–Crippen LogP) is 2.10. The molecule has 156 valence electrons. The zero-order chi connectivity index (χ0) is 20.7. The summed E-state index contributed by atoms with van der Waals surface area (Å²) < 4.78 is 43.0. The molecule has 10 heteroatoms. The summed E-state index contributed by atoms with van der Waals surface area (Å²) in [5, 5.41) is 5.85. The van der Waals surface area contributed by atoms with Gasteiger partial charge in [0.2, 0.25) is 5.91 Å². The lowest BCUT2D eigenvalue weighted by Gasteiger charge is -2.27. The van der Waals surface area contributed by atoms with Crippen LogP contribution in [0.25, 0.3) is 0 Å². The number of ether oxygens (including phenoxy) is 1. The summed E-state index contributed by atoms with van der Waals surface area (Å²) in [6.07, 6.45) is -2.88. The smallest absolute Gasteiger partial charge is 0.378 e. The Labute approximate surface area is 166 Å². The number of hydrogen-bond acceptors (Lipinski definition) is 6. The van der Waals surface area contributed by atoms with Gasteiger partial charge in [0.1, 0.15) is 18.0 Å². The number of nitrogens with zero attached hydrogens (tertiary/aromatic N) is 3. The van der Waals surface area contributed by atoms with Gasteiger partial charge in [-0.25, -0.2) is 9.97 Å². The Hall–Kier alpha value is -2.88. The van der Waals surface area contributed by atoms with Crippen LogP contribution in [0.5, 0.6) is 0 Å². The Morgan fingerprint density at radius 1 is 1.10 bits per heavy atom. The number of carbonyl (C=O) groups excluding carboxylic acids is 1. The quantitative estimate of drug-likeness (QED) is 0.682. The largest absolute Gasteiger partial charge is 0.416 e. The van der Waals surface area contributed by atoms with Gasteiger partial charge < -0.3 is 20.3 Å². The van der Waals surface area contributed by atoms with E-state index in [1.807, 2.05) is 6.07 Å². The van der Waals surface area contributed by atoms with Gasteiger partial charge in [-0.2, -0.15) is 13.2 Å². The monoisotopic (exact) mass is 409 g/mol. The number of alkyl halides is 3. The molecular formula is C19H22F3N5O2. The third-order valence-corrected chi connectivity index (χ3v) is 4.39. The van der Waals surface area contributed by atoms with Gasteiger partial charge in [0.15, 0.2) is 0 Å². The number of halogens is 3. The van der Waals surface area contributed by atoms with Crippen molar-refractivity contribution in [1.82, 2.24) is 15.3 Å². The summed E-state index contributed by atoms with van der Waals surface area (Å²) in [5.41, 5.74) is -0.207. The van der Waals surface area contributed by atoms with Gasteiger partial charge in [-0.15, -0.1) is 0 Å². The van der Waals surface area contributed by atoms with E-state index in [-0.39, 0.29) is 12.3 Å². The molecule has 0 unspecified atom stereocenters. The Morgan fingerprint density at radius 3 is 2.52 bits per heavy atom. The van der Waals surface area contributed by atoms with E-state index in [4.69, 9.17) is 4.74 Å². The topological polar surface area (TPSA) is 79.4 Å². The minimum absolute atomic E-state index is 0.0207. The summed E-state index contributed by atoms with van der Waals surface area (Å²) in [6, 6.07) is 6.43. The van der Waals surface area contributed by atoms with Crippen LogP contribution in [0, 0.1) is 0 Å². The highest BCUT2D eigenvalue weighted by atomic mass is 19.4. The number of nitrogens with one attached hydrogen (secondary N) is 2. The number of benzene rings is 1. The van der Waals surface area contributed by atoms with Crippen molar-refractivity contribution in [2.45, 2.75) is 12.6 Å². The van der Waals surface area contributed by atoms with Gasteiger partial charge >= 0.3 is 6.18 Å². The van der Waals surface area contributed by atoms with E-state index in [9.17, 15) is 18.0 Å². The Morgan fingerprint density at radius 2 is 1.83 bits per heavy atom. The lowest BCUT2D eigenvalue weighted by Crippen LogP contribution is -2.36. The molecule has 2 N–H and O–H groups in total. The number of amides is 1. The van der Waals surface area contributed by atoms with E-state index in [0.717, 1.165) is 31.0 Å². The van der Waals surface area contributed by atoms with E-state index in [2.05, 4.69) is 25.5 Å². The molecule has 0 radical (unpaired) electrons.